The van der Waals surface area contributed by atoms with Crippen LogP contribution in [0.15, 0.2) is 23.2 Å². The van der Waals surface area contributed by atoms with Crippen LogP contribution in [0.5, 0.6) is 0 Å². The first-order valence-electron chi connectivity index (χ1n) is 7.14. The number of hydrogen-bond donors (Lipinski definition) is 1. The van der Waals surface area contributed by atoms with Gasteiger partial charge in [-0.15, -0.1) is 0 Å². The van der Waals surface area contributed by atoms with Crippen LogP contribution >= 0.6 is 0 Å². The second kappa shape index (κ2) is 8.31. The SMILES string of the molecule is C/C=C(/C)CCC(F)/C(=C(\C)F)N1CCCNCC1. The van der Waals surface area contributed by atoms with Crippen molar-refractivity contribution in [2.24, 2.45) is 0 Å². The molecule has 1 heterocycles. The zero-order valence-electron chi connectivity index (χ0n) is 12.3. The van der Waals surface area contributed by atoms with Crippen molar-refractivity contribution in [1.82, 2.24) is 10.2 Å². The summed E-state index contributed by atoms with van der Waals surface area (Å²) in [5, 5.41) is 3.25. The van der Waals surface area contributed by atoms with Gasteiger partial charge in [0.05, 0.1) is 5.70 Å². The maximum atomic E-state index is 14.3. The van der Waals surface area contributed by atoms with Crippen LogP contribution in [0, 0.1) is 0 Å². The minimum atomic E-state index is -1.21. The fourth-order valence-electron chi connectivity index (χ4n) is 2.35. The molecule has 1 saturated heterocycles. The summed E-state index contributed by atoms with van der Waals surface area (Å²) in [5.74, 6) is -0.382. The van der Waals surface area contributed by atoms with E-state index in [4.69, 9.17) is 0 Å². The maximum Gasteiger partial charge on any atom is 0.142 e. The van der Waals surface area contributed by atoms with Crippen molar-refractivity contribution in [2.45, 2.75) is 46.2 Å². The van der Waals surface area contributed by atoms with E-state index >= 15 is 0 Å². The molecule has 1 aliphatic heterocycles. The number of alkyl halides is 1. The molecule has 0 aliphatic carbocycles. The van der Waals surface area contributed by atoms with Gasteiger partial charge >= 0.3 is 0 Å². The van der Waals surface area contributed by atoms with Crippen LogP contribution < -0.4 is 5.32 Å². The lowest BCUT2D eigenvalue weighted by Crippen LogP contribution is -2.32. The van der Waals surface area contributed by atoms with E-state index in [1.54, 1.807) is 0 Å². The van der Waals surface area contributed by atoms with Crippen molar-refractivity contribution >= 4 is 0 Å². The number of nitrogens with zero attached hydrogens (tertiary/aromatic N) is 1. The molecular formula is C15H26F2N2. The third-order valence-corrected chi connectivity index (χ3v) is 3.62. The van der Waals surface area contributed by atoms with Crippen LogP contribution in [0.1, 0.15) is 40.0 Å². The van der Waals surface area contributed by atoms with Gasteiger partial charge in [-0.2, -0.15) is 0 Å². The fraction of sp³-hybridized carbons (Fsp3) is 0.733. The van der Waals surface area contributed by atoms with Gasteiger partial charge in [-0.3, -0.25) is 0 Å². The Kier molecular flexibility index (Phi) is 7.06. The summed E-state index contributed by atoms with van der Waals surface area (Å²) in [5.41, 5.74) is 1.41. The predicted octanol–water partition coefficient (Wildman–Crippen LogP) is 3.57. The van der Waals surface area contributed by atoms with Gasteiger partial charge < -0.3 is 10.2 Å². The van der Waals surface area contributed by atoms with Crippen molar-refractivity contribution in [3.63, 3.8) is 0 Å². The molecule has 0 aromatic rings. The molecule has 0 radical (unpaired) electrons. The topological polar surface area (TPSA) is 15.3 Å². The molecule has 0 bridgehead atoms. The smallest absolute Gasteiger partial charge is 0.142 e. The van der Waals surface area contributed by atoms with Gasteiger partial charge in [0, 0.05) is 19.6 Å². The summed E-state index contributed by atoms with van der Waals surface area (Å²) in [7, 11) is 0. The van der Waals surface area contributed by atoms with E-state index in [0.717, 1.165) is 31.6 Å². The zero-order valence-corrected chi connectivity index (χ0v) is 12.3. The molecular weight excluding hydrogens is 246 g/mol. The molecule has 110 valence electrons. The summed E-state index contributed by atoms with van der Waals surface area (Å²) in [6.45, 7) is 8.41. The van der Waals surface area contributed by atoms with E-state index in [0.29, 0.717) is 19.4 Å². The molecule has 1 atom stereocenters. The van der Waals surface area contributed by atoms with E-state index in [2.05, 4.69) is 5.32 Å². The first-order chi connectivity index (χ1) is 9.06. The van der Waals surface area contributed by atoms with Crippen molar-refractivity contribution in [3.8, 4) is 0 Å². The number of allylic oxidation sites excluding steroid dienone is 4. The summed E-state index contributed by atoms with van der Waals surface area (Å²) in [4.78, 5) is 1.87. The second-order valence-corrected chi connectivity index (χ2v) is 5.15. The normalized spacial score (nSPS) is 20.9. The van der Waals surface area contributed by atoms with Gasteiger partial charge in [0.25, 0.3) is 0 Å². The molecule has 0 saturated carbocycles. The second-order valence-electron chi connectivity index (χ2n) is 5.15. The fourth-order valence-corrected chi connectivity index (χ4v) is 2.35. The Bertz CT molecular complexity index is 325. The van der Waals surface area contributed by atoms with Gasteiger partial charge in [0.1, 0.15) is 12.0 Å². The monoisotopic (exact) mass is 272 g/mol. The van der Waals surface area contributed by atoms with Crippen molar-refractivity contribution in [1.29, 1.82) is 0 Å². The Morgan fingerprint density at radius 1 is 1.32 bits per heavy atom. The molecule has 1 fully saturated rings. The molecule has 1 N–H and O–H groups in total. The van der Waals surface area contributed by atoms with Gasteiger partial charge in [-0.25, -0.2) is 8.78 Å². The van der Waals surface area contributed by atoms with Crippen molar-refractivity contribution in [2.75, 3.05) is 26.2 Å². The molecule has 0 amide bonds. The predicted molar refractivity (Wildman–Crippen MR) is 76.4 cm³/mol. The van der Waals surface area contributed by atoms with E-state index in [9.17, 15) is 8.78 Å². The Morgan fingerprint density at radius 3 is 2.68 bits per heavy atom. The summed E-state index contributed by atoms with van der Waals surface area (Å²) in [6, 6.07) is 0. The quantitative estimate of drug-likeness (QED) is 0.770. The lowest BCUT2D eigenvalue weighted by molar-refractivity contribution is 0.244. The molecule has 19 heavy (non-hydrogen) atoms. The van der Waals surface area contributed by atoms with Gasteiger partial charge in [-0.05, 0) is 46.6 Å². The number of rotatable bonds is 5. The first-order valence-corrected chi connectivity index (χ1v) is 7.14. The largest absolute Gasteiger partial charge is 0.369 e. The number of halogens is 2. The molecule has 0 aromatic carbocycles. The molecule has 2 nitrogen and oxygen atoms in total. The van der Waals surface area contributed by atoms with Crippen LogP contribution in [-0.2, 0) is 0 Å². The molecule has 1 rings (SSSR count). The molecule has 0 spiro atoms. The third-order valence-electron chi connectivity index (χ3n) is 3.62. The van der Waals surface area contributed by atoms with Crippen molar-refractivity contribution < 1.29 is 8.78 Å². The molecule has 4 heteroatoms. The van der Waals surface area contributed by atoms with E-state index < -0.39 is 6.17 Å². The Labute approximate surface area is 115 Å². The van der Waals surface area contributed by atoms with Gasteiger partial charge in [0.15, 0.2) is 0 Å². The maximum absolute atomic E-state index is 14.3. The first kappa shape index (κ1) is 16.2. The van der Waals surface area contributed by atoms with Crippen LogP contribution in [0.4, 0.5) is 8.78 Å². The van der Waals surface area contributed by atoms with Crippen LogP contribution in [0.2, 0.25) is 0 Å². The van der Waals surface area contributed by atoms with Crippen LogP contribution in [0.25, 0.3) is 0 Å². The lowest BCUT2D eigenvalue weighted by Gasteiger charge is -2.28. The Hall–Kier alpha value is -0.900. The molecule has 1 unspecified atom stereocenters. The highest BCUT2D eigenvalue weighted by molar-refractivity contribution is 5.12. The minimum Gasteiger partial charge on any atom is -0.369 e. The Balaban J connectivity index is 2.68. The third kappa shape index (κ3) is 5.31. The van der Waals surface area contributed by atoms with Crippen LogP contribution in [-0.4, -0.2) is 37.3 Å². The van der Waals surface area contributed by atoms with Crippen LogP contribution in [0.3, 0.4) is 0 Å². The lowest BCUT2D eigenvalue weighted by atomic mass is 10.1. The van der Waals surface area contributed by atoms with Gasteiger partial charge in [0.2, 0.25) is 0 Å². The average molecular weight is 272 g/mol. The highest BCUT2D eigenvalue weighted by atomic mass is 19.1. The number of hydrogen-bond acceptors (Lipinski definition) is 2. The molecule has 1 aliphatic rings. The Morgan fingerprint density at radius 2 is 2.05 bits per heavy atom. The zero-order chi connectivity index (χ0) is 14.3. The minimum absolute atomic E-state index is 0.257. The van der Waals surface area contributed by atoms with E-state index in [-0.39, 0.29) is 11.5 Å². The summed E-state index contributed by atoms with van der Waals surface area (Å²) >= 11 is 0. The standard InChI is InChI=1S/C15H26F2N2/c1-4-12(2)6-7-14(17)15(13(3)16)19-10-5-8-18-9-11-19/h4,14,18H,5-11H2,1-3H3/b12-4-,15-13-. The van der Waals surface area contributed by atoms with Crippen molar-refractivity contribution in [3.05, 3.63) is 23.2 Å². The highest BCUT2D eigenvalue weighted by Gasteiger charge is 2.23. The van der Waals surface area contributed by atoms with Gasteiger partial charge in [-0.1, -0.05) is 11.6 Å². The summed E-state index contributed by atoms with van der Waals surface area (Å²) < 4.78 is 28.0. The van der Waals surface area contributed by atoms with E-state index in [1.807, 2.05) is 24.8 Å². The average Bonchev–Trinajstić information content (AvgIpc) is 2.64. The van der Waals surface area contributed by atoms with E-state index in [1.165, 1.54) is 6.92 Å². The number of nitrogens with one attached hydrogen (secondary N) is 1. The molecule has 0 aromatic heterocycles. The highest BCUT2D eigenvalue weighted by Crippen LogP contribution is 2.24. The summed E-state index contributed by atoms with van der Waals surface area (Å²) in [6.07, 6.45) is 2.74.